The van der Waals surface area contributed by atoms with Gasteiger partial charge in [-0.3, -0.25) is 0 Å². The number of thiazole rings is 1. The summed E-state index contributed by atoms with van der Waals surface area (Å²) in [5.74, 6) is -0.0638. The molecule has 0 radical (unpaired) electrons. The Balaban J connectivity index is 1.64. The molecule has 2 heterocycles. The van der Waals surface area contributed by atoms with Gasteiger partial charge < -0.3 is 5.32 Å². The van der Waals surface area contributed by atoms with Crippen molar-refractivity contribution in [3.8, 4) is 17.3 Å². The van der Waals surface area contributed by atoms with E-state index in [9.17, 15) is 4.79 Å². The number of nitriles is 1. The first kappa shape index (κ1) is 19.0. The molecule has 0 fully saturated rings. The second-order valence-electron chi connectivity index (χ2n) is 7.24. The quantitative estimate of drug-likeness (QED) is 0.679. The van der Waals surface area contributed by atoms with Gasteiger partial charge in [0, 0.05) is 22.7 Å². The zero-order chi connectivity index (χ0) is 20.4. The van der Waals surface area contributed by atoms with Crippen LogP contribution >= 0.6 is 11.3 Å². The summed E-state index contributed by atoms with van der Waals surface area (Å²) in [6.07, 6.45) is 0.718. The second kappa shape index (κ2) is 7.98. The molecule has 6 heteroatoms. The van der Waals surface area contributed by atoms with Crippen LogP contribution in [0.3, 0.4) is 0 Å². The summed E-state index contributed by atoms with van der Waals surface area (Å²) in [4.78, 5) is 21.0. The lowest BCUT2D eigenvalue weighted by Crippen LogP contribution is -2.46. The number of hydrogen-bond donors (Lipinski definition) is 1. The van der Waals surface area contributed by atoms with E-state index in [0.29, 0.717) is 5.56 Å². The number of aliphatic imine (C=N–C) groups is 1. The lowest BCUT2D eigenvalue weighted by atomic mass is 9.89. The van der Waals surface area contributed by atoms with Crippen molar-refractivity contribution >= 4 is 23.1 Å². The van der Waals surface area contributed by atoms with Crippen LogP contribution in [0.25, 0.3) is 11.3 Å². The summed E-state index contributed by atoms with van der Waals surface area (Å²) in [7, 11) is 0. The number of urea groups is 1. The number of aromatic nitrogens is 1. The molecule has 0 aliphatic carbocycles. The van der Waals surface area contributed by atoms with E-state index in [-0.39, 0.29) is 18.0 Å². The molecule has 2 atom stereocenters. The number of nitrogens with zero attached hydrogens (tertiary/aromatic N) is 3. The van der Waals surface area contributed by atoms with Crippen LogP contribution in [0.1, 0.15) is 34.5 Å². The summed E-state index contributed by atoms with van der Waals surface area (Å²) in [6.45, 7) is 3.96. The minimum atomic E-state index is -0.292. The average molecular weight is 401 g/mol. The number of benzene rings is 2. The Morgan fingerprint density at radius 3 is 2.52 bits per heavy atom. The Bertz CT molecular complexity index is 1110. The third kappa shape index (κ3) is 4.10. The zero-order valence-corrected chi connectivity index (χ0v) is 17.0. The van der Waals surface area contributed by atoms with E-state index in [2.05, 4.69) is 47.6 Å². The minimum absolute atomic E-state index is 0.0638. The van der Waals surface area contributed by atoms with Crippen LogP contribution in [0.4, 0.5) is 4.79 Å². The molecule has 1 aliphatic rings. The first-order chi connectivity index (χ1) is 14.0. The van der Waals surface area contributed by atoms with Crippen molar-refractivity contribution in [2.45, 2.75) is 32.2 Å². The van der Waals surface area contributed by atoms with Crippen LogP contribution in [0.5, 0.6) is 0 Å². The van der Waals surface area contributed by atoms with Gasteiger partial charge in [-0.15, -0.1) is 11.3 Å². The highest BCUT2D eigenvalue weighted by Crippen LogP contribution is 2.32. The maximum Gasteiger partial charge on any atom is 0.341 e. The molecule has 1 aromatic heterocycles. The van der Waals surface area contributed by atoms with Gasteiger partial charge in [0.2, 0.25) is 0 Å². The monoisotopic (exact) mass is 400 g/mol. The molecule has 2 aromatic carbocycles. The highest BCUT2D eigenvalue weighted by molar-refractivity contribution is 7.10. The summed E-state index contributed by atoms with van der Waals surface area (Å²) >= 11 is 1.57. The van der Waals surface area contributed by atoms with Crippen molar-refractivity contribution in [3.05, 3.63) is 75.6 Å². The maximum atomic E-state index is 12.1. The summed E-state index contributed by atoms with van der Waals surface area (Å²) < 4.78 is 0. The Hall–Kier alpha value is -3.30. The molecule has 5 nitrogen and oxygen atoms in total. The van der Waals surface area contributed by atoms with Gasteiger partial charge in [-0.25, -0.2) is 14.8 Å². The van der Waals surface area contributed by atoms with Crippen molar-refractivity contribution in [1.82, 2.24) is 10.3 Å². The standard InChI is InChI=1S/C23H20N4OS/c1-14-3-5-16(6-4-14)11-19-21(15(2)25-23(28)27-19)22-26-20(13-29-22)18-9-7-17(12-24)8-10-18/h3-10,13,19,21H,11H2,1-2H3,(H,27,28). The van der Waals surface area contributed by atoms with Crippen LogP contribution < -0.4 is 5.32 Å². The fourth-order valence-electron chi connectivity index (χ4n) is 3.57. The lowest BCUT2D eigenvalue weighted by Gasteiger charge is -2.29. The number of aryl methyl sites for hydroxylation is 1. The molecule has 0 saturated heterocycles. The third-order valence-electron chi connectivity index (χ3n) is 5.11. The van der Waals surface area contributed by atoms with Crippen LogP contribution in [-0.2, 0) is 6.42 Å². The molecule has 2 amide bonds. The molecule has 4 rings (SSSR count). The predicted molar refractivity (Wildman–Crippen MR) is 115 cm³/mol. The molecule has 3 aromatic rings. The summed E-state index contributed by atoms with van der Waals surface area (Å²) in [5.41, 5.74) is 5.63. The van der Waals surface area contributed by atoms with E-state index in [4.69, 9.17) is 10.2 Å². The van der Waals surface area contributed by atoms with Crippen molar-refractivity contribution < 1.29 is 4.79 Å². The third-order valence-corrected chi connectivity index (χ3v) is 6.04. The van der Waals surface area contributed by atoms with Crippen LogP contribution in [0.2, 0.25) is 0 Å². The fourth-order valence-corrected chi connectivity index (χ4v) is 4.63. The molecule has 1 aliphatic heterocycles. The van der Waals surface area contributed by atoms with Crippen molar-refractivity contribution in [2.24, 2.45) is 4.99 Å². The van der Waals surface area contributed by atoms with E-state index in [1.807, 2.05) is 24.4 Å². The van der Waals surface area contributed by atoms with Gasteiger partial charge in [0.15, 0.2) is 0 Å². The smallest absolute Gasteiger partial charge is 0.332 e. The van der Waals surface area contributed by atoms with Crippen LogP contribution in [0, 0.1) is 18.3 Å². The molecule has 0 spiro atoms. The number of amides is 2. The number of carbonyl (C=O) groups is 1. The molecule has 2 unspecified atom stereocenters. The average Bonchev–Trinajstić information content (AvgIpc) is 3.19. The number of carbonyl (C=O) groups excluding carboxylic acids is 1. The van der Waals surface area contributed by atoms with Gasteiger partial charge in [-0.05, 0) is 38.0 Å². The van der Waals surface area contributed by atoms with Gasteiger partial charge in [0.05, 0.1) is 23.2 Å². The molecule has 1 N–H and O–H groups in total. The minimum Gasteiger partial charge on any atom is -0.332 e. The van der Waals surface area contributed by atoms with E-state index in [1.54, 1.807) is 23.5 Å². The Labute approximate surface area is 173 Å². The first-order valence-corrected chi connectivity index (χ1v) is 10.3. The maximum absolute atomic E-state index is 12.1. The fraction of sp³-hybridized carbons (Fsp3) is 0.217. The van der Waals surface area contributed by atoms with E-state index < -0.39 is 0 Å². The van der Waals surface area contributed by atoms with Crippen LogP contribution in [0.15, 0.2) is 58.9 Å². The van der Waals surface area contributed by atoms with E-state index in [0.717, 1.165) is 28.4 Å². The van der Waals surface area contributed by atoms with E-state index in [1.165, 1.54) is 11.1 Å². The van der Waals surface area contributed by atoms with Crippen molar-refractivity contribution in [2.75, 3.05) is 0 Å². The van der Waals surface area contributed by atoms with Crippen LogP contribution in [-0.4, -0.2) is 22.8 Å². The van der Waals surface area contributed by atoms with E-state index >= 15 is 0 Å². The largest absolute Gasteiger partial charge is 0.341 e. The zero-order valence-electron chi connectivity index (χ0n) is 16.2. The van der Waals surface area contributed by atoms with Gasteiger partial charge in [-0.2, -0.15) is 5.26 Å². The highest BCUT2D eigenvalue weighted by atomic mass is 32.1. The second-order valence-corrected chi connectivity index (χ2v) is 8.13. The normalized spacial score (nSPS) is 18.7. The van der Waals surface area contributed by atoms with Crippen molar-refractivity contribution in [1.29, 1.82) is 5.26 Å². The highest BCUT2D eigenvalue weighted by Gasteiger charge is 2.33. The van der Waals surface area contributed by atoms with Gasteiger partial charge in [0.1, 0.15) is 5.01 Å². The first-order valence-electron chi connectivity index (χ1n) is 9.40. The molecule has 0 saturated carbocycles. The molecular weight excluding hydrogens is 380 g/mol. The number of rotatable bonds is 4. The van der Waals surface area contributed by atoms with Gasteiger partial charge in [-0.1, -0.05) is 42.0 Å². The molecule has 29 heavy (non-hydrogen) atoms. The Morgan fingerprint density at radius 1 is 1.10 bits per heavy atom. The molecule has 144 valence electrons. The Morgan fingerprint density at radius 2 is 1.83 bits per heavy atom. The summed E-state index contributed by atoms with van der Waals surface area (Å²) in [5, 5.41) is 15.0. The predicted octanol–water partition coefficient (Wildman–Crippen LogP) is 4.87. The van der Waals surface area contributed by atoms with Gasteiger partial charge in [0.25, 0.3) is 0 Å². The summed E-state index contributed by atoms with van der Waals surface area (Å²) in [6, 6.07) is 17.5. The Kier molecular flexibility index (Phi) is 5.24. The molecular formula is C23H20N4OS. The van der Waals surface area contributed by atoms with Crippen molar-refractivity contribution in [3.63, 3.8) is 0 Å². The SMILES string of the molecule is CC1=NC(=O)NC(Cc2ccc(C)cc2)C1c1nc(-c2ccc(C#N)cc2)cs1. The topological polar surface area (TPSA) is 78.1 Å². The molecule has 0 bridgehead atoms. The number of nitrogens with one attached hydrogen (secondary N) is 1. The lowest BCUT2D eigenvalue weighted by molar-refractivity contribution is 0.242. The number of hydrogen-bond acceptors (Lipinski definition) is 4. The van der Waals surface area contributed by atoms with Gasteiger partial charge >= 0.3 is 6.03 Å².